The summed E-state index contributed by atoms with van der Waals surface area (Å²) in [6.07, 6.45) is 27.7. The van der Waals surface area contributed by atoms with Crippen LogP contribution in [0.25, 0.3) is 0 Å². The molecule has 0 aliphatic heterocycles. The zero-order valence-corrected chi connectivity index (χ0v) is 14.0. The zero-order valence-electron chi connectivity index (χ0n) is 14.0. The van der Waals surface area contributed by atoms with Crippen molar-refractivity contribution < 1.29 is 9.90 Å². The fraction of sp³-hybridized carbons (Fsp3) is 0.550. The van der Waals surface area contributed by atoms with E-state index in [2.05, 4.69) is 19.1 Å². The third-order valence-electron chi connectivity index (χ3n) is 3.40. The molecule has 0 aliphatic carbocycles. The molecule has 124 valence electrons. The highest BCUT2D eigenvalue weighted by atomic mass is 16.4. The maximum atomic E-state index is 10.2. The summed E-state index contributed by atoms with van der Waals surface area (Å²) in [5.74, 6) is -0.922. The van der Waals surface area contributed by atoms with Gasteiger partial charge in [0.15, 0.2) is 0 Å². The van der Waals surface area contributed by atoms with Gasteiger partial charge in [-0.05, 0) is 12.8 Å². The predicted octanol–water partition coefficient (Wildman–Crippen LogP) is 6.22. The van der Waals surface area contributed by atoms with Crippen LogP contribution in [-0.2, 0) is 4.79 Å². The summed E-state index contributed by atoms with van der Waals surface area (Å²) < 4.78 is 0. The molecule has 0 amide bonds. The molecule has 0 atom stereocenters. The molecule has 0 aromatic heterocycles. The molecule has 0 unspecified atom stereocenters. The fourth-order valence-corrected chi connectivity index (χ4v) is 2.14. The molecule has 1 N–H and O–H groups in total. The van der Waals surface area contributed by atoms with Crippen molar-refractivity contribution in [2.75, 3.05) is 0 Å². The topological polar surface area (TPSA) is 37.3 Å². The maximum absolute atomic E-state index is 10.2. The summed E-state index contributed by atoms with van der Waals surface area (Å²) in [7, 11) is 0. The van der Waals surface area contributed by atoms with E-state index in [4.69, 9.17) is 5.11 Å². The lowest BCUT2D eigenvalue weighted by atomic mass is 10.1. The number of rotatable bonds is 14. The van der Waals surface area contributed by atoms with Crippen LogP contribution in [0.15, 0.2) is 48.6 Å². The van der Waals surface area contributed by atoms with Crippen LogP contribution in [0.4, 0.5) is 0 Å². The molecular weight excluding hydrogens is 272 g/mol. The lowest BCUT2D eigenvalue weighted by molar-refractivity contribution is -0.131. The van der Waals surface area contributed by atoms with Gasteiger partial charge in [0.2, 0.25) is 0 Å². The second-order valence-electron chi connectivity index (χ2n) is 5.51. The Morgan fingerprint density at radius 2 is 1.23 bits per heavy atom. The van der Waals surface area contributed by atoms with Crippen molar-refractivity contribution in [2.45, 2.75) is 71.1 Å². The van der Waals surface area contributed by atoms with Crippen LogP contribution in [0.5, 0.6) is 0 Å². The SMILES string of the molecule is CCCCCCCCCCC/C=C/C=C/C=C/C=CC(=O)O. The Hall–Kier alpha value is -1.57. The van der Waals surface area contributed by atoms with E-state index < -0.39 is 5.97 Å². The molecule has 0 radical (unpaired) electrons. The first-order valence-electron chi connectivity index (χ1n) is 8.67. The number of hydrogen-bond acceptors (Lipinski definition) is 1. The van der Waals surface area contributed by atoms with Crippen LogP contribution in [0.1, 0.15) is 71.1 Å². The molecule has 0 aliphatic rings. The number of unbranched alkanes of at least 4 members (excludes halogenated alkanes) is 9. The van der Waals surface area contributed by atoms with Crippen LogP contribution >= 0.6 is 0 Å². The van der Waals surface area contributed by atoms with E-state index in [0.717, 1.165) is 12.5 Å². The lowest BCUT2D eigenvalue weighted by Crippen LogP contribution is -1.84. The van der Waals surface area contributed by atoms with E-state index >= 15 is 0 Å². The second-order valence-corrected chi connectivity index (χ2v) is 5.51. The summed E-state index contributed by atoms with van der Waals surface area (Å²) in [4.78, 5) is 10.2. The number of carbonyl (C=O) groups is 1. The van der Waals surface area contributed by atoms with E-state index in [1.165, 1.54) is 63.9 Å². The smallest absolute Gasteiger partial charge is 0.328 e. The third-order valence-corrected chi connectivity index (χ3v) is 3.40. The Balaban J connectivity index is 3.35. The van der Waals surface area contributed by atoms with Crippen molar-refractivity contribution in [3.8, 4) is 0 Å². The summed E-state index contributed by atoms with van der Waals surface area (Å²) in [6, 6.07) is 0. The molecule has 0 saturated heterocycles. The summed E-state index contributed by atoms with van der Waals surface area (Å²) >= 11 is 0. The molecule has 0 spiro atoms. The molecule has 2 nitrogen and oxygen atoms in total. The van der Waals surface area contributed by atoms with E-state index in [-0.39, 0.29) is 0 Å². The molecule has 0 aromatic carbocycles. The average Bonchev–Trinajstić information content (AvgIpc) is 2.50. The van der Waals surface area contributed by atoms with Crippen molar-refractivity contribution in [3.63, 3.8) is 0 Å². The number of aliphatic carboxylic acids is 1. The van der Waals surface area contributed by atoms with Gasteiger partial charge in [-0.1, -0.05) is 101 Å². The van der Waals surface area contributed by atoms with Crippen LogP contribution < -0.4 is 0 Å². The number of allylic oxidation sites excluding steroid dienone is 7. The van der Waals surface area contributed by atoms with Crippen LogP contribution in [0, 0.1) is 0 Å². The van der Waals surface area contributed by atoms with E-state index in [1.54, 1.807) is 6.08 Å². The number of hydrogen-bond donors (Lipinski definition) is 1. The van der Waals surface area contributed by atoms with Crippen LogP contribution in [0.2, 0.25) is 0 Å². The molecule has 0 saturated carbocycles. The van der Waals surface area contributed by atoms with Crippen molar-refractivity contribution in [3.05, 3.63) is 48.6 Å². The molecule has 2 heteroatoms. The summed E-state index contributed by atoms with van der Waals surface area (Å²) in [5.41, 5.74) is 0. The summed E-state index contributed by atoms with van der Waals surface area (Å²) in [5, 5.41) is 8.39. The average molecular weight is 304 g/mol. The quantitative estimate of drug-likeness (QED) is 0.235. The minimum absolute atomic E-state index is 0.922. The van der Waals surface area contributed by atoms with Crippen molar-refractivity contribution >= 4 is 5.97 Å². The standard InChI is InChI=1S/C20H32O2/c1-2-3-4-5-6-7-8-9-10-11-12-13-14-15-16-17-18-19-20(21)22/h12-19H,2-11H2,1H3,(H,21,22)/b13-12+,15-14+,17-16+,19-18?. The first-order chi connectivity index (χ1) is 10.8. The third kappa shape index (κ3) is 18.4. The molecule has 0 heterocycles. The van der Waals surface area contributed by atoms with E-state index in [1.807, 2.05) is 18.2 Å². The first kappa shape index (κ1) is 20.4. The normalized spacial score (nSPS) is 12.4. The molecule has 0 bridgehead atoms. The van der Waals surface area contributed by atoms with Gasteiger partial charge in [0, 0.05) is 6.08 Å². The summed E-state index contributed by atoms with van der Waals surface area (Å²) in [6.45, 7) is 2.26. The van der Waals surface area contributed by atoms with E-state index in [0.29, 0.717) is 0 Å². The minimum atomic E-state index is -0.922. The molecule has 0 aromatic rings. The van der Waals surface area contributed by atoms with Gasteiger partial charge in [-0.15, -0.1) is 0 Å². The van der Waals surface area contributed by atoms with Crippen molar-refractivity contribution in [1.82, 2.24) is 0 Å². The molecular formula is C20H32O2. The minimum Gasteiger partial charge on any atom is -0.478 e. The Morgan fingerprint density at radius 1 is 0.727 bits per heavy atom. The Morgan fingerprint density at radius 3 is 1.82 bits per heavy atom. The lowest BCUT2D eigenvalue weighted by Gasteiger charge is -2.00. The van der Waals surface area contributed by atoms with Gasteiger partial charge in [0.25, 0.3) is 0 Å². The van der Waals surface area contributed by atoms with Crippen LogP contribution in [0.3, 0.4) is 0 Å². The Kier molecular flexibility index (Phi) is 16.2. The highest BCUT2D eigenvalue weighted by molar-refractivity contribution is 5.80. The monoisotopic (exact) mass is 304 g/mol. The predicted molar refractivity (Wildman–Crippen MR) is 96.0 cm³/mol. The largest absolute Gasteiger partial charge is 0.478 e. The Bertz CT molecular complexity index is 362. The van der Waals surface area contributed by atoms with Crippen molar-refractivity contribution in [1.29, 1.82) is 0 Å². The fourth-order valence-electron chi connectivity index (χ4n) is 2.14. The van der Waals surface area contributed by atoms with Gasteiger partial charge in [-0.2, -0.15) is 0 Å². The van der Waals surface area contributed by atoms with E-state index in [9.17, 15) is 4.79 Å². The first-order valence-corrected chi connectivity index (χ1v) is 8.67. The molecule has 0 fully saturated rings. The van der Waals surface area contributed by atoms with Gasteiger partial charge >= 0.3 is 5.97 Å². The Labute approximate surface area is 136 Å². The van der Waals surface area contributed by atoms with Crippen LogP contribution in [-0.4, -0.2) is 11.1 Å². The van der Waals surface area contributed by atoms with Gasteiger partial charge in [0.05, 0.1) is 0 Å². The molecule has 22 heavy (non-hydrogen) atoms. The van der Waals surface area contributed by atoms with Gasteiger partial charge in [-0.3, -0.25) is 0 Å². The highest BCUT2D eigenvalue weighted by Crippen LogP contribution is 2.10. The maximum Gasteiger partial charge on any atom is 0.328 e. The van der Waals surface area contributed by atoms with Gasteiger partial charge in [-0.25, -0.2) is 4.79 Å². The number of carboxylic acids is 1. The van der Waals surface area contributed by atoms with Gasteiger partial charge in [0.1, 0.15) is 0 Å². The van der Waals surface area contributed by atoms with Gasteiger partial charge < -0.3 is 5.11 Å². The second kappa shape index (κ2) is 17.5. The number of carboxylic acid groups (broad SMARTS) is 1. The zero-order chi connectivity index (χ0) is 16.3. The highest BCUT2D eigenvalue weighted by Gasteiger charge is 1.90. The molecule has 0 rings (SSSR count). The van der Waals surface area contributed by atoms with Crippen molar-refractivity contribution in [2.24, 2.45) is 0 Å².